The first-order valence-electron chi connectivity index (χ1n) is 8.75. The van der Waals surface area contributed by atoms with Crippen molar-refractivity contribution in [1.82, 2.24) is 0 Å². The minimum absolute atomic E-state index is 0.0584. The van der Waals surface area contributed by atoms with Crippen molar-refractivity contribution < 1.29 is 4.79 Å². The SMILES string of the molecule is C=C/C(=C(/C)N=C(C)C)c1ccc(C)cc1C(C)=O.CCCCC. The fraction of sp³-hybridized carbons (Fsp3) is 0.455. The molecule has 1 aromatic carbocycles. The lowest BCUT2D eigenvalue weighted by molar-refractivity contribution is 0.101. The van der Waals surface area contributed by atoms with Crippen molar-refractivity contribution in [2.24, 2.45) is 4.99 Å². The van der Waals surface area contributed by atoms with Crippen molar-refractivity contribution in [2.45, 2.75) is 67.7 Å². The van der Waals surface area contributed by atoms with Gasteiger partial charge in [0.15, 0.2) is 5.78 Å². The number of allylic oxidation sites excluding steroid dienone is 3. The van der Waals surface area contributed by atoms with Gasteiger partial charge < -0.3 is 0 Å². The second kappa shape index (κ2) is 11.6. The summed E-state index contributed by atoms with van der Waals surface area (Å²) < 4.78 is 0. The van der Waals surface area contributed by atoms with Crippen LogP contribution >= 0.6 is 0 Å². The first-order valence-corrected chi connectivity index (χ1v) is 8.75. The van der Waals surface area contributed by atoms with Crippen molar-refractivity contribution in [3.05, 3.63) is 53.2 Å². The molecule has 0 spiro atoms. The van der Waals surface area contributed by atoms with E-state index in [4.69, 9.17) is 0 Å². The van der Waals surface area contributed by atoms with Crippen LogP contribution in [0.25, 0.3) is 5.57 Å². The summed E-state index contributed by atoms with van der Waals surface area (Å²) in [5, 5.41) is 0. The Morgan fingerprint density at radius 3 is 2.04 bits per heavy atom. The highest BCUT2D eigenvalue weighted by molar-refractivity contribution is 6.00. The molecule has 0 aromatic heterocycles. The lowest BCUT2D eigenvalue weighted by atomic mass is 9.94. The van der Waals surface area contributed by atoms with E-state index in [0.717, 1.165) is 33.7 Å². The number of carbonyl (C=O) groups is 1. The number of hydrogen-bond donors (Lipinski definition) is 0. The molecule has 0 saturated carbocycles. The number of rotatable bonds is 6. The summed E-state index contributed by atoms with van der Waals surface area (Å²) in [6.07, 6.45) is 5.84. The van der Waals surface area contributed by atoms with Gasteiger partial charge in [-0.15, -0.1) is 0 Å². The molecule has 0 unspecified atom stereocenters. The van der Waals surface area contributed by atoms with Crippen LogP contribution in [0.3, 0.4) is 0 Å². The molecule has 0 heterocycles. The van der Waals surface area contributed by atoms with Crippen LogP contribution in [-0.4, -0.2) is 11.5 Å². The number of hydrogen-bond acceptors (Lipinski definition) is 2. The van der Waals surface area contributed by atoms with Gasteiger partial charge in [0.2, 0.25) is 0 Å². The molecule has 1 rings (SSSR count). The molecule has 0 amide bonds. The molecule has 2 nitrogen and oxygen atoms in total. The largest absolute Gasteiger partial charge is 0.294 e. The zero-order valence-corrected chi connectivity index (χ0v) is 16.5. The Morgan fingerprint density at radius 1 is 1.08 bits per heavy atom. The standard InChI is InChI=1S/C17H21NO.C5H12/c1-7-15(13(5)18-11(2)3)16-9-8-12(4)10-17(16)14(6)19;1-3-5-4-2/h7-10H,1H2,2-6H3;3-5H2,1-2H3/b15-13+;. The maximum atomic E-state index is 11.8. The minimum Gasteiger partial charge on any atom is -0.294 e. The van der Waals surface area contributed by atoms with Gasteiger partial charge in [0.1, 0.15) is 0 Å². The Kier molecular flexibility index (Phi) is 10.6. The van der Waals surface area contributed by atoms with Crippen LogP contribution < -0.4 is 0 Å². The fourth-order valence-corrected chi connectivity index (χ4v) is 2.39. The van der Waals surface area contributed by atoms with Crippen LogP contribution in [0.4, 0.5) is 0 Å². The van der Waals surface area contributed by atoms with E-state index in [-0.39, 0.29) is 5.78 Å². The zero-order valence-electron chi connectivity index (χ0n) is 16.5. The number of benzene rings is 1. The molecule has 1 aromatic rings. The Bertz CT molecular complexity index is 615. The number of unbranched alkanes of at least 4 members (excludes halogenated alkanes) is 2. The fourth-order valence-electron chi connectivity index (χ4n) is 2.39. The average Bonchev–Trinajstić information content (AvgIpc) is 2.50. The molecule has 0 aliphatic heterocycles. The van der Waals surface area contributed by atoms with Crippen LogP contribution in [0, 0.1) is 6.92 Å². The third kappa shape index (κ3) is 7.54. The zero-order chi connectivity index (χ0) is 18.7. The number of nitrogens with zero attached hydrogens (tertiary/aromatic N) is 1. The summed E-state index contributed by atoms with van der Waals surface area (Å²) in [5.41, 5.74) is 5.46. The summed E-state index contributed by atoms with van der Waals surface area (Å²) in [6, 6.07) is 5.88. The number of ketones is 1. The van der Waals surface area contributed by atoms with Gasteiger partial charge >= 0.3 is 0 Å². The molecular weight excluding hydrogens is 294 g/mol. The molecule has 0 aliphatic rings. The van der Waals surface area contributed by atoms with Crippen LogP contribution in [-0.2, 0) is 0 Å². The second-order valence-electron chi connectivity index (χ2n) is 6.22. The molecule has 2 heteroatoms. The van der Waals surface area contributed by atoms with Crippen molar-refractivity contribution in [2.75, 3.05) is 0 Å². The van der Waals surface area contributed by atoms with E-state index in [1.807, 2.05) is 45.9 Å². The first-order chi connectivity index (χ1) is 11.3. The quantitative estimate of drug-likeness (QED) is 0.321. The number of Topliss-reactive ketones (excluding diaryl/α,β-unsaturated/α-hetero) is 1. The van der Waals surface area contributed by atoms with Gasteiger partial charge in [-0.1, -0.05) is 63.5 Å². The minimum atomic E-state index is 0.0584. The number of aryl methyl sites for hydroxylation is 1. The van der Waals surface area contributed by atoms with Gasteiger partial charge in [-0.3, -0.25) is 9.79 Å². The molecule has 0 aliphatic carbocycles. The Morgan fingerprint density at radius 2 is 1.67 bits per heavy atom. The molecule has 132 valence electrons. The lowest BCUT2D eigenvalue weighted by Gasteiger charge is -2.11. The van der Waals surface area contributed by atoms with Crippen molar-refractivity contribution in [1.29, 1.82) is 0 Å². The van der Waals surface area contributed by atoms with E-state index in [1.54, 1.807) is 13.0 Å². The van der Waals surface area contributed by atoms with E-state index in [0.29, 0.717) is 0 Å². The summed E-state index contributed by atoms with van der Waals surface area (Å²) in [6.45, 7) is 17.7. The van der Waals surface area contributed by atoms with Crippen LogP contribution in [0.15, 0.2) is 41.5 Å². The van der Waals surface area contributed by atoms with Crippen molar-refractivity contribution >= 4 is 17.1 Å². The normalized spacial score (nSPS) is 11.0. The Hall–Kier alpha value is -1.96. The molecule has 0 saturated heterocycles. The Balaban J connectivity index is 0.000000922. The number of aliphatic imine (C=N–C) groups is 1. The average molecular weight is 328 g/mol. The summed E-state index contributed by atoms with van der Waals surface area (Å²) >= 11 is 0. The summed E-state index contributed by atoms with van der Waals surface area (Å²) in [5.74, 6) is 0.0584. The predicted octanol–water partition coefficient (Wildman–Crippen LogP) is 6.79. The maximum Gasteiger partial charge on any atom is 0.160 e. The highest BCUT2D eigenvalue weighted by Gasteiger charge is 2.11. The second-order valence-corrected chi connectivity index (χ2v) is 6.22. The van der Waals surface area contributed by atoms with Gasteiger partial charge in [-0.05, 0) is 46.2 Å². The van der Waals surface area contributed by atoms with Crippen molar-refractivity contribution in [3.63, 3.8) is 0 Å². The van der Waals surface area contributed by atoms with Crippen LogP contribution in [0.1, 0.15) is 82.3 Å². The van der Waals surface area contributed by atoms with Crippen molar-refractivity contribution in [3.8, 4) is 0 Å². The maximum absolute atomic E-state index is 11.8. The lowest BCUT2D eigenvalue weighted by Crippen LogP contribution is -2.00. The van der Waals surface area contributed by atoms with E-state index in [2.05, 4.69) is 25.4 Å². The molecule has 0 bridgehead atoms. The topological polar surface area (TPSA) is 29.4 Å². The molecule has 0 atom stereocenters. The molecular formula is C22H33NO. The number of carbonyl (C=O) groups excluding carboxylic acids is 1. The van der Waals surface area contributed by atoms with Gasteiger partial charge in [-0.25, -0.2) is 0 Å². The molecule has 0 fully saturated rings. The van der Waals surface area contributed by atoms with E-state index >= 15 is 0 Å². The summed E-state index contributed by atoms with van der Waals surface area (Å²) in [7, 11) is 0. The highest BCUT2D eigenvalue weighted by Crippen LogP contribution is 2.25. The van der Waals surface area contributed by atoms with Crippen LogP contribution in [0.5, 0.6) is 0 Å². The highest BCUT2D eigenvalue weighted by atomic mass is 16.1. The smallest absolute Gasteiger partial charge is 0.160 e. The van der Waals surface area contributed by atoms with E-state index in [9.17, 15) is 4.79 Å². The Labute approximate surface area is 148 Å². The molecule has 0 N–H and O–H groups in total. The van der Waals surface area contributed by atoms with E-state index < -0.39 is 0 Å². The monoisotopic (exact) mass is 327 g/mol. The van der Waals surface area contributed by atoms with E-state index in [1.165, 1.54) is 19.3 Å². The van der Waals surface area contributed by atoms with Gasteiger partial charge in [0.25, 0.3) is 0 Å². The van der Waals surface area contributed by atoms with Gasteiger partial charge in [-0.2, -0.15) is 0 Å². The van der Waals surface area contributed by atoms with Gasteiger partial charge in [0.05, 0.1) is 0 Å². The first kappa shape index (κ1) is 22.0. The molecule has 24 heavy (non-hydrogen) atoms. The van der Waals surface area contributed by atoms with Crippen LogP contribution in [0.2, 0.25) is 0 Å². The third-order valence-corrected chi connectivity index (χ3v) is 3.54. The molecule has 0 radical (unpaired) electrons. The van der Waals surface area contributed by atoms with Gasteiger partial charge in [0, 0.05) is 22.5 Å². The summed E-state index contributed by atoms with van der Waals surface area (Å²) in [4.78, 5) is 16.3. The predicted molar refractivity (Wildman–Crippen MR) is 108 cm³/mol. The third-order valence-electron chi connectivity index (χ3n) is 3.54.